The molecule has 5 nitrogen and oxygen atoms in total. The highest BCUT2D eigenvalue weighted by molar-refractivity contribution is 6.38. The number of amides is 1. The number of benzene rings is 2. The van der Waals surface area contributed by atoms with Crippen LogP contribution < -0.4 is 11.1 Å². The van der Waals surface area contributed by atoms with Gasteiger partial charge in [0.1, 0.15) is 0 Å². The monoisotopic (exact) mass is 373 g/mol. The Labute approximate surface area is 153 Å². The number of nitrogens with one attached hydrogen (secondary N) is 2. The molecule has 0 saturated heterocycles. The van der Waals surface area contributed by atoms with Gasteiger partial charge < -0.3 is 15.5 Å². The largest absolute Gasteiger partial charge is 0.459 e. The van der Waals surface area contributed by atoms with Crippen molar-refractivity contribution in [1.29, 1.82) is 5.41 Å². The molecule has 0 saturated carbocycles. The highest BCUT2D eigenvalue weighted by Gasteiger charge is 2.15. The quantitative estimate of drug-likeness (QED) is 0.451. The van der Waals surface area contributed by atoms with Gasteiger partial charge in [0.05, 0.1) is 17.0 Å². The lowest BCUT2D eigenvalue weighted by molar-refractivity contribution is 0.0996. The molecule has 1 aromatic heterocycles. The van der Waals surface area contributed by atoms with Crippen molar-refractivity contribution in [2.24, 2.45) is 0 Å². The second-order valence-electron chi connectivity index (χ2n) is 5.23. The molecule has 0 bridgehead atoms. The summed E-state index contributed by atoms with van der Waals surface area (Å²) in [4.78, 5) is 12.1. The molecule has 4 N–H and O–H groups in total. The fourth-order valence-corrected chi connectivity index (χ4v) is 2.79. The summed E-state index contributed by atoms with van der Waals surface area (Å²) in [6, 6.07) is 12.9. The van der Waals surface area contributed by atoms with E-state index in [9.17, 15) is 4.79 Å². The summed E-state index contributed by atoms with van der Waals surface area (Å²) in [6.07, 6.45) is 1.42. The number of carbonyl (C=O) groups excluding carboxylic acids is 1. The summed E-state index contributed by atoms with van der Waals surface area (Å²) in [5.41, 5.74) is 7.95. The molecule has 1 amide bonds. The minimum absolute atomic E-state index is 0.133. The van der Waals surface area contributed by atoms with E-state index in [1.165, 1.54) is 6.26 Å². The van der Waals surface area contributed by atoms with Gasteiger partial charge in [0, 0.05) is 27.5 Å². The van der Waals surface area contributed by atoms with Crippen LogP contribution >= 0.6 is 23.2 Å². The van der Waals surface area contributed by atoms with Crippen LogP contribution in [0, 0.1) is 5.41 Å². The Morgan fingerprint density at radius 3 is 2.56 bits per heavy atom. The SMILES string of the molecule is N=C(c1cc(NC(=O)c2ccco2)ccc1N)c1ccc(Cl)cc1Cl. The van der Waals surface area contributed by atoms with Crippen molar-refractivity contribution in [2.75, 3.05) is 11.1 Å². The molecule has 1 heterocycles. The van der Waals surface area contributed by atoms with Crippen LogP contribution in [0.4, 0.5) is 11.4 Å². The van der Waals surface area contributed by atoms with Gasteiger partial charge in [0.2, 0.25) is 0 Å². The zero-order valence-electron chi connectivity index (χ0n) is 12.8. The van der Waals surface area contributed by atoms with Gasteiger partial charge in [-0.05, 0) is 48.5 Å². The highest BCUT2D eigenvalue weighted by atomic mass is 35.5. The van der Waals surface area contributed by atoms with Crippen molar-refractivity contribution < 1.29 is 9.21 Å². The highest BCUT2D eigenvalue weighted by Crippen LogP contribution is 2.27. The number of hydrogen-bond acceptors (Lipinski definition) is 4. The molecule has 3 aromatic rings. The summed E-state index contributed by atoms with van der Waals surface area (Å²) in [6.45, 7) is 0. The molecule has 25 heavy (non-hydrogen) atoms. The van der Waals surface area contributed by atoms with Crippen LogP contribution in [0.15, 0.2) is 59.2 Å². The van der Waals surface area contributed by atoms with Crippen molar-refractivity contribution in [3.05, 3.63) is 81.7 Å². The van der Waals surface area contributed by atoms with Crippen LogP contribution in [-0.4, -0.2) is 11.6 Å². The Hall–Kier alpha value is -2.76. The van der Waals surface area contributed by atoms with E-state index in [1.54, 1.807) is 48.5 Å². The van der Waals surface area contributed by atoms with Crippen molar-refractivity contribution in [2.45, 2.75) is 0 Å². The molecule has 0 aliphatic carbocycles. The number of anilines is 2. The molecule has 0 unspecified atom stereocenters. The molecule has 0 aliphatic rings. The average Bonchev–Trinajstić information content (AvgIpc) is 3.11. The number of furan rings is 1. The number of nitrogens with two attached hydrogens (primary N) is 1. The number of hydrogen-bond donors (Lipinski definition) is 3. The first-order chi connectivity index (χ1) is 12.0. The zero-order valence-corrected chi connectivity index (χ0v) is 14.4. The topological polar surface area (TPSA) is 92.1 Å². The van der Waals surface area contributed by atoms with Gasteiger partial charge in [-0.1, -0.05) is 23.2 Å². The first-order valence-corrected chi connectivity index (χ1v) is 8.00. The second kappa shape index (κ2) is 7.01. The summed E-state index contributed by atoms with van der Waals surface area (Å²) < 4.78 is 5.06. The Bertz CT molecular complexity index is 953. The van der Waals surface area contributed by atoms with Crippen LogP contribution in [0.2, 0.25) is 10.0 Å². The van der Waals surface area contributed by atoms with Crippen LogP contribution in [-0.2, 0) is 0 Å². The lowest BCUT2D eigenvalue weighted by Gasteiger charge is -2.12. The van der Waals surface area contributed by atoms with Gasteiger partial charge in [0.25, 0.3) is 5.91 Å². The van der Waals surface area contributed by atoms with E-state index >= 15 is 0 Å². The van der Waals surface area contributed by atoms with Crippen LogP contribution in [0.3, 0.4) is 0 Å². The van der Waals surface area contributed by atoms with Gasteiger partial charge >= 0.3 is 0 Å². The van der Waals surface area contributed by atoms with E-state index in [-0.39, 0.29) is 11.5 Å². The van der Waals surface area contributed by atoms with E-state index in [0.717, 1.165) is 0 Å². The first kappa shape index (κ1) is 17.1. The molecule has 2 aromatic carbocycles. The molecule has 126 valence electrons. The van der Waals surface area contributed by atoms with E-state index in [0.29, 0.717) is 32.5 Å². The number of nitrogen functional groups attached to an aromatic ring is 1. The molecular weight excluding hydrogens is 361 g/mol. The molecule has 0 spiro atoms. The maximum absolute atomic E-state index is 12.1. The first-order valence-electron chi connectivity index (χ1n) is 7.24. The number of carbonyl (C=O) groups is 1. The summed E-state index contributed by atoms with van der Waals surface area (Å²) in [7, 11) is 0. The predicted molar refractivity (Wildman–Crippen MR) is 99.9 cm³/mol. The lowest BCUT2D eigenvalue weighted by Crippen LogP contribution is -2.12. The molecular formula is C18H13Cl2N3O2. The van der Waals surface area contributed by atoms with Gasteiger partial charge in [-0.3, -0.25) is 10.2 Å². The van der Waals surface area contributed by atoms with Crippen LogP contribution in [0.5, 0.6) is 0 Å². The Morgan fingerprint density at radius 2 is 1.88 bits per heavy atom. The molecule has 0 aliphatic heterocycles. The predicted octanol–water partition coefficient (Wildman–Crippen LogP) is 4.84. The molecule has 7 heteroatoms. The van der Waals surface area contributed by atoms with Crippen molar-refractivity contribution >= 4 is 46.2 Å². The summed E-state index contributed by atoms with van der Waals surface area (Å²) in [5, 5.41) is 11.9. The zero-order chi connectivity index (χ0) is 18.0. The van der Waals surface area contributed by atoms with Gasteiger partial charge in [-0.25, -0.2) is 0 Å². The Morgan fingerprint density at radius 1 is 1.08 bits per heavy atom. The normalized spacial score (nSPS) is 10.5. The fourth-order valence-electron chi connectivity index (χ4n) is 2.29. The van der Waals surface area contributed by atoms with Gasteiger partial charge in [-0.2, -0.15) is 0 Å². The third-order valence-electron chi connectivity index (χ3n) is 3.53. The Kier molecular flexibility index (Phi) is 4.79. The maximum Gasteiger partial charge on any atom is 0.291 e. The van der Waals surface area contributed by atoms with Crippen LogP contribution in [0.1, 0.15) is 21.7 Å². The third kappa shape index (κ3) is 3.68. The maximum atomic E-state index is 12.1. The van der Waals surface area contributed by atoms with E-state index in [1.807, 2.05) is 0 Å². The molecule has 0 fully saturated rings. The molecule has 0 atom stereocenters. The van der Waals surface area contributed by atoms with E-state index in [2.05, 4.69) is 5.32 Å². The molecule has 3 rings (SSSR count). The lowest BCUT2D eigenvalue weighted by atomic mass is 10.00. The van der Waals surface area contributed by atoms with Crippen molar-refractivity contribution in [3.8, 4) is 0 Å². The number of halogens is 2. The second-order valence-corrected chi connectivity index (χ2v) is 6.08. The fraction of sp³-hybridized carbons (Fsp3) is 0. The van der Waals surface area contributed by atoms with Crippen LogP contribution in [0.25, 0.3) is 0 Å². The third-order valence-corrected chi connectivity index (χ3v) is 4.07. The summed E-state index contributed by atoms with van der Waals surface area (Å²) in [5.74, 6) is -0.203. The van der Waals surface area contributed by atoms with Crippen molar-refractivity contribution in [1.82, 2.24) is 0 Å². The summed E-state index contributed by atoms with van der Waals surface area (Å²) >= 11 is 12.1. The smallest absolute Gasteiger partial charge is 0.291 e. The minimum atomic E-state index is -0.392. The van der Waals surface area contributed by atoms with E-state index in [4.69, 9.17) is 38.8 Å². The Balaban J connectivity index is 1.91. The number of rotatable bonds is 4. The average molecular weight is 374 g/mol. The van der Waals surface area contributed by atoms with Gasteiger partial charge in [0.15, 0.2) is 5.76 Å². The molecule has 0 radical (unpaired) electrons. The minimum Gasteiger partial charge on any atom is -0.459 e. The van der Waals surface area contributed by atoms with Gasteiger partial charge in [-0.15, -0.1) is 0 Å². The van der Waals surface area contributed by atoms with E-state index < -0.39 is 5.91 Å². The van der Waals surface area contributed by atoms with Crippen molar-refractivity contribution in [3.63, 3.8) is 0 Å². The standard InChI is InChI=1S/C18H13Cl2N3O2/c19-10-3-5-12(14(20)8-10)17(22)13-9-11(4-6-15(13)21)23-18(24)16-2-1-7-25-16/h1-9,22H,21H2,(H,23,24).